The summed E-state index contributed by atoms with van der Waals surface area (Å²) in [7, 11) is 1.76. The van der Waals surface area contributed by atoms with Crippen molar-refractivity contribution < 1.29 is 4.74 Å². The van der Waals surface area contributed by atoms with Gasteiger partial charge in [0.2, 0.25) is 0 Å². The van der Waals surface area contributed by atoms with Crippen molar-refractivity contribution in [3.63, 3.8) is 0 Å². The molecule has 0 amide bonds. The van der Waals surface area contributed by atoms with Crippen LogP contribution in [0.5, 0.6) is 0 Å². The van der Waals surface area contributed by atoms with E-state index in [1.165, 1.54) is 0 Å². The van der Waals surface area contributed by atoms with Gasteiger partial charge in [-0.1, -0.05) is 13.8 Å². The third-order valence-corrected chi connectivity index (χ3v) is 3.60. The first-order chi connectivity index (χ1) is 9.15. The van der Waals surface area contributed by atoms with Gasteiger partial charge in [0, 0.05) is 38.6 Å². The fourth-order valence-corrected chi connectivity index (χ4v) is 2.54. The number of ether oxygens (including phenoxy) is 1. The topological polar surface area (TPSA) is 64.3 Å². The second-order valence-electron chi connectivity index (χ2n) is 5.48. The van der Waals surface area contributed by atoms with Crippen LogP contribution in [-0.2, 0) is 11.3 Å². The molecule has 1 aliphatic rings. The van der Waals surface area contributed by atoms with Crippen molar-refractivity contribution in [3.8, 4) is 0 Å². The molecule has 2 N–H and O–H groups in total. The van der Waals surface area contributed by atoms with E-state index in [-0.39, 0.29) is 0 Å². The zero-order valence-corrected chi connectivity index (χ0v) is 12.1. The van der Waals surface area contributed by atoms with E-state index in [1.54, 1.807) is 7.11 Å². The highest BCUT2D eigenvalue weighted by Crippen LogP contribution is 2.26. The fraction of sp³-hybridized carbons (Fsp3) is 0.714. The van der Waals surface area contributed by atoms with E-state index in [4.69, 9.17) is 10.5 Å². The van der Waals surface area contributed by atoms with E-state index in [9.17, 15) is 0 Å². The summed E-state index contributed by atoms with van der Waals surface area (Å²) in [5.74, 6) is 1.80. The second kappa shape index (κ2) is 6.30. The predicted molar refractivity (Wildman–Crippen MR) is 76.2 cm³/mol. The number of nitrogens with two attached hydrogens (primary N) is 1. The minimum Gasteiger partial charge on any atom is -0.384 e. The molecular weight excluding hydrogens is 240 g/mol. The maximum absolute atomic E-state index is 5.84. The molecule has 2 rings (SSSR count). The van der Waals surface area contributed by atoms with Gasteiger partial charge in [0.25, 0.3) is 0 Å². The van der Waals surface area contributed by atoms with Crippen molar-refractivity contribution >= 4 is 5.69 Å². The zero-order chi connectivity index (χ0) is 13.8. The summed E-state index contributed by atoms with van der Waals surface area (Å²) in [4.78, 5) is 11.4. The Hall–Kier alpha value is -1.20. The van der Waals surface area contributed by atoms with Crippen LogP contribution in [0, 0.1) is 5.92 Å². The summed E-state index contributed by atoms with van der Waals surface area (Å²) in [5.41, 5.74) is 7.88. The number of nitrogens with zero attached hydrogens (tertiary/aromatic N) is 3. The molecule has 0 aromatic carbocycles. The molecule has 1 fully saturated rings. The van der Waals surface area contributed by atoms with E-state index >= 15 is 0 Å². The van der Waals surface area contributed by atoms with Gasteiger partial charge in [0.1, 0.15) is 5.82 Å². The fourth-order valence-electron chi connectivity index (χ4n) is 2.54. The van der Waals surface area contributed by atoms with Gasteiger partial charge in [-0.3, -0.25) is 0 Å². The molecular formula is C14H24N4O. The first-order valence-corrected chi connectivity index (χ1v) is 6.95. The van der Waals surface area contributed by atoms with E-state index in [2.05, 4.69) is 28.7 Å². The second-order valence-corrected chi connectivity index (χ2v) is 5.48. The lowest BCUT2D eigenvalue weighted by Gasteiger charge is -2.21. The molecule has 0 bridgehead atoms. The highest BCUT2D eigenvalue weighted by molar-refractivity contribution is 5.50. The summed E-state index contributed by atoms with van der Waals surface area (Å²) in [6, 6.07) is 0. The van der Waals surface area contributed by atoms with Gasteiger partial charge in [0.15, 0.2) is 0 Å². The summed E-state index contributed by atoms with van der Waals surface area (Å²) < 4.78 is 5.23. The van der Waals surface area contributed by atoms with Gasteiger partial charge in [-0.15, -0.1) is 0 Å². The lowest BCUT2D eigenvalue weighted by atomic mass is 10.1. The molecule has 5 nitrogen and oxygen atoms in total. The van der Waals surface area contributed by atoms with E-state index < -0.39 is 0 Å². The number of hydrogen-bond donors (Lipinski definition) is 1. The summed E-state index contributed by atoms with van der Waals surface area (Å²) in [6.45, 7) is 7.51. The van der Waals surface area contributed by atoms with Crippen molar-refractivity contribution in [1.29, 1.82) is 0 Å². The van der Waals surface area contributed by atoms with Gasteiger partial charge < -0.3 is 15.4 Å². The molecule has 0 saturated carbocycles. The molecule has 1 aromatic heterocycles. The number of rotatable bonds is 5. The average Bonchev–Trinajstić information content (AvgIpc) is 2.86. The summed E-state index contributed by atoms with van der Waals surface area (Å²) >= 11 is 0. The van der Waals surface area contributed by atoms with Crippen molar-refractivity contribution in [2.75, 3.05) is 31.7 Å². The third kappa shape index (κ3) is 3.22. The van der Waals surface area contributed by atoms with Crippen molar-refractivity contribution in [3.05, 3.63) is 17.7 Å². The first kappa shape index (κ1) is 14.2. The SMILES string of the molecule is COCC1CCN(c2cnc(C(C)C)nc2CN)C1. The molecule has 1 aliphatic heterocycles. The molecule has 0 radical (unpaired) electrons. The van der Waals surface area contributed by atoms with Gasteiger partial charge in [-0.2, -0.15) is 0 Å². The monoisotopic (exact) mass is 264 g/mol. The Labute approximate surface area is 115 Å². The maximum Gasteiger partial charge on any atom is 0.131 e. The lowest BCUT2D eigenvalue weighted by molar-refractivity contribution is 0.161. The zero-order valence-electron chi connectivity index (χ0n) is 12.1. The van der Waals surface area contributed by atoms with Gasteiger partial charge in [-0.25, -0.2) is 9.97 Å². The van der Waals surface area contributed by atoms with Crippen LogP contribution in [0.15, 0.2) is 6.20 Å². The highest BCUT2D eigenvalue weighted by Gasteiger charge is 2.25. The Kier molecular flexibility index (Phi) is 4.71. The van der Waals surface area contributed by atoms with Crippen LogP contribution in [0.4, 0.5) is 5.69 Å². The van der Waals surface area contributed by atoms with E-state index in [1.807, 2.05) is 6.20 Å². The van der Waals surface area contributed by atoms with Gasteiger partial charge in [0.05, 0.1) is 24.2 Å². The molecule has 0 spiro atoms. The molecule has 2 heterocycles. The highest BCUT2D eigenvalue weighted by atomic mass is 16.5. The summed E-state index contributed by atoms with van der Waals surface area (Å²) in [5, 5.41) is 0. The standard InChI is InChI=1S/C14H24N4O/c1-10(2)14-16-7-13(12(6-15)17-14)18-5-4-11(8-18)9-19-3/h7,10-11H,4-6,8-9,15H2,1-3H3. The predicted octanol–water partition coefficient (Wildman–Crippen LogP) is 1.53. The molecule has 106 valence electrons. The average molecular weight is 264 g/mol. The molecule has 1 atom stereocenters. The van der Waals surface area contributed by atoms with Crippen LogP contribution >= 0.6 is 0 Å². The first-order valence-electron chi connectivity index (χ1n) is 6.95. The number of anilines is 1. The minimum atomic E-state index is 0.333. The van der Waals surface area contributed by atoms with Crippen LogP contribution < -0.4 is 10.6 Å². The Morgan fingerprint density at radius 2 is 2.32 bits per heavy atom. The third-order valence-electron chi connectivity index (χ3n) is 3.60. The lowest BCUT2D eigenvalue weighted by Crippen LogP contribution is -2.24. The largest absolute Gasteiger partial charge is 0.384 e. The molecule has 1 aromatic rings. The molecule has 5 heteroatoms. The minimum absolute atomic E-state index is 0.333. The quantitative estimate of drug-likeness (QED) is 0.873. The molecule has 0 aliphatic carbocycles. The number of aromatic nitrogens is 2. The Bertz CT molecular complexity index is 422. The smallest absolute Gasteiger partial charge is 0.131 e. The van der Waals surface area contributed by atoms with E-state index in [0.717, 1.165) is 43.3 Å². The van der Waals surface area contributed by atoms with Gasteiger partial charge in [-0.05, 0) is 6.42 Å². The molecule has 1 unspecified atom stereocenters. The van der Waals surface area contributed by atoms with Crippen LogP contribution in [0.25, 0.3) is 0 Å². The summed E-state index contributed by atoms with van der Waals surface area (Å²) in [6.07, 6.45) is 3.09. The number of methoxy groups -OCH3 is 1. The van der Waals surface area contributed by atoms with Gasteiger partial charge >= 0.3 is 0 Å². The maximum atomic E-state index is 5.84. The van der Waals surface area contributed by atoms with Crippen molar-refractivity contribution in [1.82, 2.24) is 9.97 Å². The molecule has 1 saturated heterocycles. The Balaban J connectivity index is 2.16. The van der Waals surface area contributed by atoms with Crippen molar-refractivity contribution in [2.45, 2.75) is 32.7 Å². The normalized spacial score (nSPS) is 19.4. The van der Waals surface area contributed by atoms with Crippen LogP contribution in [0.2, 0.25) is 0 Å². The van der Waals surface area contributed by atoms with Crippen LogP contribution in [-0.4, -0.2) is 36.8 Å². The Morgan fingerprint density at radius 1 is 1.53 bits per heavy atom. The van der Waals surface area contributed by atoms with Crippen LogP contribution in [0.1, 0.15) is 37.7 Å². The number of hydrogen-bond acceptors (Lipinski definition) is 5. The van der Waals surface area contributed by atoms with E-state index in [0.29, 0.717) is 18.4 Å². The molecule has 19 heavy (non-hydrogen) atoms. The van der Waals surface area contributed by atoms with Crippen molar-refractivity contribution in [2.24, 2.45) is 11.7 Å². The Morgan fingerprint density at radius 3 is 2.95 bits per heavy atom. The van der Waals surface area contributed by atoms with Crippen LogP contribution in [0.3, 0.4) is 0 Å².